The molecule has 3 heteroatoms. The molecule has 0 aliphatic heterocycles. The molecule has 0 radical (unpaired) electrons. The summed E-state index contributed by atoms with van der Waals surface area (Å²) >= 11 is -1.90. The van der Waals surface area contributed by atoms with Gasteiger partial charge in [0.15, 0.2) is 11.1 Å². The number of hydrogen-bond acceptors (Lipinski definition) is 1. The van der Waals surface area contributed by atoms with E-state index in [1.54, 1.807) is 0 Å². The molecule has 2 aromatic rings. The fourth-order valence-electron chi connectivity index (χ4n) is 3.55. The van der Waals surface area contributed by atoms with Crippen LogP contribution in [0.25, 0.3) is 10.8 Å². The summed E-state index contributed by atoms with van der Waals surface area (Å²) in [5, 5.41) is 2.10. The van der Waals surface area contributed by atoms with Crippen molar-refractivity contribution >= 4 is 21.9 Å². The van der Waals surface area contributed by atoms with E-state index in [1.165, 1.54) is 24.0 Å². The molecule has 2 nitrogen and oxygen atoms in total. The number of hydrogen-bond donors (Lipinski definition) is 1. The molecule has 1 N–H and O–H groups in total. The molecule has 2 atom stereocenters. The van der Waals surface area contributed by atoms with E-state index in [2.05, 4.69) is 31.2 Å². The van der Waals surface area contributed by atoms with Crippen LogP contribution >= 0.6 is 0 Å². The number of rotatable bonds is 2. The SMILES string of the molecule is CC1Cc2cc3ccc(C4CC4)cc3c(S(=O)O)c2C1. The maximum absolute atomic E-state index is 11.9. The van der Waals surface area contributed by atoms with Crippen LogP contribution in [0.1, 0.15) is 42.4 Å². The highest BCUT2D eigenvalue weighted by molar-refractivity contribution is 7.79. The van der Waals surface area contributed by atoms with Gasteiger partial charge in [0.1, 0.15) is 0 Å². The molecule has 104 valence electrons. The predicted molar refractivity (Wildman–Crippen MR) is 81.5 cm³/mol. The highest BCUT2D eigenvalue weighted by Gasteiger charge is 2.27. The van der Waals surface area contributed by atoms with Crippen molar-refractivity contribution < 1.29 is 8.76 Å². The van der Waals surface area contributed by atoms with Crippen molar-refractivity contribution in [2.75, 3.05) is 0 Å². The second-order valence-electron chi connectivity index (χ2n) is 6.36. The van der Waals surface area contributed by atoms with E-state index in [-0.39, 0.29) is 0 Å². The van der Waals surface area contributed by atoms with E-state index in [4.69, 9.17) is 0 Å². The zero-order chi connectivity index (χ0) is 13.9. The molecule has 0 saturated heterocycles. The van der Waals surface area contributed by atoms with Gasteiger partial charge in [-0.1, -0.05) is 25.1 Å². The van der Waals surface area contributed by atoms with Crippen LogP contribution in [-0.2, 0) is 23.9 Å². The van der Waals surface area contributed by atoms with Crippen molar-refractivity contribution in [1.29, 1.82) is 0 Å². The van der Waals surface area contributed by atoms with E-state index >= 15 is 0 Å². The van der Waals surface area contributed by atoms with Crippen LogP contribution in [0.15, 0.2) is 29.2 Å². The predicted octanol–water partition coefficient (Wildman–Crippen LogP) is 4.03. The van der Waals surface area contributed by atoms with Gasteiger partial charge >= 0.3 is 0 Å². The second kappa shape index (κ2) is 4.40. The summed E-state index contributed by atoms with van der Waals surface area (Å²) in [4.78, 5) is 0.671. The highest BCUT2D eigenvalue weighted by atomic mass is 32.2. The molecule has 2 aromatic carbocycles. The molecule has 2 aliphatic carbocycles. The van der Waals surface area contributed by atoms with Crippen LogP contribution in [0.5, 0.6) is 0 Å². The molecule has 2 aliphatic rings. The van der Waals surface area contributed by atoms with Gasteiger partial charge < -0.3 is 4.55 Å². The van der Waals surface area contributed by atoms with Crippen LogP contribution < -0.4 is 0 Å². The Morgan fingerprint density at radius 3 is 2.70 bits per heavy atom. The van der Waals surface area contributed by atoms with Gasteiger partial charge in [-0.05, 0) is 65.7 Å². The van der Waals surface area contributed by atoms with E-state index in [1.807, 2.05) is 0 Å². The molecular formula is C17H18O2S. The van der Waals surface area contributed by atoms with E-state index in [0.29, 0.717) is 16.7 Å². The maximum atomic E-state index is 11.9. The fraction of sp³-hybridized carbons (Fsp3) is 0.412. The Morgan fingerprint density at radius 2 is 2.00 bits per heavy atom. The van der Waals surface area contributed by atoms with Gasteiger partial charge in [0, 0.05) is 5.39 Å². The summed E-state index contributed by atoms with van der Waals surface area (Å²) in [7, 11) is 0. The lowest BCUT2D eigenvalue weighted by molar-refractivity contribution is 0.563. The first kappa shape index (κ1) is 12.5. The lowest BCUT2D eigenvalue weighted by atomic mass is 9.99. The standard InChI is InChI=1S/C17H18O2S/c1-10-6-14-8-13-5-4-12(11-2-3-11)9-16(13)17(20(18)19)15(14)7-10/h4-5,8-11H,2-3,6-7H2,1H3,(H,18,19). The zero-order valence-corrected chi connectivity index (χ0v) is 12.4. The third-order valence-electron chi connectivity index (χ3n) is 4.66. The molecule has 20 heavy (non-hydrogen) atoms. The van der Waals surface area contributed by atoms with Crippen LogP contribution in [0.3, 0.4) is 0 Å². The Labute approximate surface area is 121 Å². The van der Waals surface area contributed by atoms with Gasteiger partial charge in [0.05, 0.1) is 4.90 Å². The van der Waals surface area contributed by atoms with Crippen LogP contribution in [-0.4, -0.2) is 8.76 Å². The Kier molecular flexibility index (Phi) is 2.76. The second-order valence-corrected chi connectivity index (χ2v) is 7.27. The highest BCUT2D eigenvalue weighted by Crippen LogP contribution is 2.43. The van der Waals surface area contributed by atoms with Gasteiger partial charge in [-0.3, -0.25) is 0 Å². The van der Waals surface area contributed by atoms with Crippen molar-refractivity contribution in [2.45, 2.75) is 43.4 Å². The average molecular weight is 286 g/mol. The summed E-state index contributed by atoms with van der Waals surface area (Å²) in [5.74, 6) is 1.25. The van der Waals surface area contributed by atoms with Crippen molar-refractivity contribution in [3.63, 3.8) is 0 Å². The van der Waals surface area contributed by atoms with Gasteiger partial charge in [-0.25, -0.2) is 4.21 Å². The minimum absolute atomic E-state index is 0.576. The molecular weight excluding hydrogens is 268 g/mol. The number of benzene rings is 2. The monoisotopic (exact) mass is 286 g/mol. The summed E-state index contributed by atoms with van der Waals surface area (Å²) in [6.07, 6.45) is 4.47. The normalized spacial score (nSPS) is 23.0. The van der Waals surface area contributed by atoms with Gasteiger partial charge in [-0.2, -0.15) is 0 Å². The van der Waals surface area contributed by atoms with Crippen molar-refractivity contribution in [2.24, 2.45) is 5.92 Å². The summed E-state index contributed by atoms with van der Waals surface area (Å²) < 4.78 is 21.7. The Hall–Kier alpha value is -1.19. The quantitative estimate of drug-likeness (QED) is 0.846. The van der Waals surface area contributed by atoms with Gasteiger partial charge in [-0.15, -0.1) is 0 Å². The molecule has 4 rings (SSSR count). The van der Waals surface area contributed by atoms with E-state index in [9.17, 15) is 8.76 Å². The first-order valence-corrected chi connectivity index (χ1v) is 8.43. The molecule has 1 saturated carbocycles. The van der Waals surface area contributed by atoms with Crippen LogP contribution in [0.4, 0.5) is 0 Å². The molecule has 0 bridgehead atoms. The first-order valence-electron chi connectivity index (χ1n) is 7.32. The van der Waals surface area contributed by atoms with Crippen molar-refractivity contribution in [1.82, 2.24) is 0 Å². The zero-order valence-electron chi connectivity index (χ0n) is 11.6. The minimum Gasteiger partial charge on any atom is -0.302 e. The van der Waals surface area contributed by atoms with Crippen LogP contribution in [0, 0.1) is 5.92 Å². The minimum atomic E-state index is -1.90. The van der Waals surface area contributed by atoms with E-state index < -0.39 is 11.1 Å². The topological polar surface area (TPSA) is 37.3 Å². The maximum Gasteiger partial charge on any atom is 0.187 e. The van der Waals surface area contributed by atoms with Crippen molar-refractivity contribution in [3.8, 4) is 0 Å². The average Bonchev–Trinajstić information content (AvgIpc) is 3.17. The Bertz CT molecular complexity index is 731. The van der Waals surface area contributed by atoms with Gasteiger partial charge in [0.25, 0.3) is 0 Å². The third-order valence-corrected chi connectivity index (χ3v) is 5.47. The third kappa shape index (κ3) is 1.92. The largest absolute Gasteiger partial charge is 0.302 e. The summed E-state index contributed by atoms with van der Waals surface area (Å²) in [5.41, 5.74) is 3.72. The molecule has 0 heterocycles. The molecule has 0 spiro atoms. The molecule has 0 amide bonds. The molecule has 1 fully saturated rings. The smallest absolute Gasteiger partial charge is 0.187 e. The number of fused-ring (bicyclic) bond motifs is 2. The molecule has 2 unspecified atom stereocenters. The van der Waals surface area contributed by atoms with Gasteiger partial charge in [0.2, 0.25) is 0 Å². The summed E-state index contributed by atoms with van der Waals surface area (Å²) in [6.45, 7) is 2.21. The van der Waals surface area contributed by atoms with E-state index in [0.717, 1.165) is 29.2 Å². The lowest BCUT2D eigenvalue weighted by Gasteiger charge is -2.11. The fourth-order valence-corrected chi connectivity index (χ4v) is 4.34. The first-order chi connectivity index (χ1) is 9.63. The lowest BCUT2D eigenvalue weighted by Crippen LogP contribution is -1.99. The Balaban J connectivity index is 2.01. The van der Waals surface area contributed by atoms with Crippen molar-refractivity contribution in [3.05, 3.63) is 41.0 Å². The Morgan fingerprint density at radius 1 is 1.20 bits per heavy atom. The van der Waals surface area contributed by atoms with Crippen LogP contribution in [0.2, 0.25) is 0 Å². The summed E-state index contributed by atoms with van der Waals surface area (Å²) in [6, 6.07) is 8.69. The molecule has 0 aromatic heterocycles.